The van der Waals surface area contributed by atoms with Crippen molar-refractivity contribution in [3.63, 3.8) is 0 Å². The summed E-state index contributed by atoms with van der Waals surface area (Å²) in [6.07, 6.45) is 5.80. The highest BCUT2D eigenvalue weighted by Gasteiger charge is 2.30. The number of benzene rings is 3. The number of halogens is 2. The number of carbonyl (C=O) groups excluding carboxylic acids is 2. The molecule has 1 aliphatic carbocycles. The second kappa shape index (κ2) is 12.3. The number of carbonyl (C=O) groups is 2. The zero-order valence-corrected chi connectivity index (χ0v) is 22.1. The summed E-state index contributed by atoms with van der Waals surface area (Å²) in [6.45, 7) is 1.88. The molecule has 1 N–H and O–H groups in total. The maximum Gasteiger partial charge on any atom is 0.261 e. The Hall–Kier alpha value is -2.93. The van der Waals surface area contributed by atoms with Gasteiger partial charge in [0, 0.05) is 12.6 Å². The highest BCUT2D eigenvalue weighted by atomic mass is 79.9. The molecule has 190 valence electrons. The number of rotatable bonds is 9. The predicted octanol–water partition coefficient (Wildman–Crippen LogP) is 6.38. The molecule has 5 nitrogen and oxygen atoms in total. The van der Waals surface area contributed by atoms with Gasteiger partial charge in [0.05, 0.1) is 4.47 Å². The van der Waals surface area contributed by atoms with Gasteiger partial charge in [-0.1, -0.05) is 68.7 Å². The molecule has 0 aliphatic heterocycles. The van der Waals surface area contributed by atoms with E-state index in [0.29, 0.717) is 12.2 Å². The molecule has 0 bridgehead atoms. The van der Waals surface area contributed by atoms with Crippen molar-refractivity contribution in [1.29, 1.82) is 0 Å². The van der Waals surface area contributed by atoms with Gasteiger partial charge in [-0.05, 0) is 69.7 Å². The van der Waals surface area contributed by atoms with Crippen LogP contribution >= 0.6 is 15.9 Å². The van der Waals surface area contributed by atoms with Crippen LogP contribution in [-0.4, -0.2) is 35.4 Å². The Morgan fingerprint density at radius 1 is 1.06 bits per heavy atom. The molecule has 0 radical (unpaired) electrons. The first-order valence-electron chi connectivity index (χ1n) is 12.6. The van der Waals surface area contributed by atoms with E-state index in [9.17, 15) is 14.0 Å². The quantitative estimate of drug-likeness (QED) is 0.334. The van der Waals surface area contributed by atoms with E-state index >= 15 is 0 Å². The largest absolute Gasteiger partial charge is 0.483 e. The third kappa shape index (κ3) is 6.44. The van der Waals surface area contributed by atoms with E-state index in [1.54, 1.807) is 17.0 Å². The number of fused-ring (bicyclic) bond motifs is 1. The van der Waals surface area contributed by atoms with E-state index in [2.05, 4.69) is 21.2 Å². The van der Waals surface area contributed by atoms with E-state index < -0.39 is 6.04 Å². The zero-order valence-electron chi connectivity index (χ0n) is 20.5. The van der Waals surface area contributed by atoms with Gasteiger partial charge >= 0.3 is 0 Å². The van der Waals surface area contributed by atoms with Gasteiger partial charge in [0.15, 0.2) is 6.61 Å². The van der Waals surface area contributed by atoms with Crippen LogP contribution in [0.15, 0.2) is 65.1 Å². The average Bonchev–Trinajstić information content (AvgIpc) is 2.90. The van der Waals surface area contributed by atoms with Crippen molar-refractivity contribution < 1.29 is 18.7 Å². The molecular weight excluding hydrogens is 523 g/mol. The van der Waals surface area contributed by atoms with Crippen molar-refractivity contribution in [3.8, 4) is 5.75 Å². The predicted molar refractivity (Wildman–Crippen MR) is 143 cm³/mol. The Kier molecular flexibility index (Phi) is 8.97. The van der Waals surface area contributed by atoms with Gasteiger partial charge in [0.25, 0.3) is 5.91 Å². The number of hydrogen-bond donors (Lipinski definition) is 1. The van der Waals surface area contributed by atoms with Crippen molar-refractivity contribution in [2.24, 2.45) is 0 Å². The minimum atomic E-state index is -0.645. The van der Waals surface area contributed by atoms with Gasteiger partial charge in [0.2, 0.25) is 5.91 Å². The SMILES string of the molecule is CCC(C(=O)NC1CCCCC1)N(Cc1ccc(F)cc1)C(=O)COc1ccc2ccccc2c1Br. The van der Waals surface area contributed by atoms with Crippen LogP contribution in [-0.2, 0) is 16.1 Å². The first-order valence-corrected chi connectivity index (χ1v) is 13.4. The fourth-order valence-corrected chi connectivity index (χ4v) is 5.41. The summed E-state index contributed by atoms with van der Waals surface area (Å²) in [4.78, 5) is 28.3. The molecule has 2 amide bonds. The van der Waals surface area contributed by atoms with Crippen molar-refractivity contribution in [3.05, 3.63) is 76.5 Å². The summed E-state index contributed by atoms with van der Waals surface area (Å²) in [5.74, 6) is -0.233. The molecule has 36 heavy (non-hydrogen) atoms. The van der Waals surface area contributed by atoms with Crippen molar-refractivity contribution in [2.45, 2.75) is 64.1 Å². The van der Waals surface area contributed by atoms with Gasteiger partial charge in [0.1, 0.15) is 17.6 Å². The fourth-order valence-electron chi connectivity index (χ4n) is 4.80. The molecule has 3 aromatic rings. The molecule has 0 saturated heterocycles. The second-order valence-electron chi connectivity index (χ2n) is 9.30. The lowest BCUT2D eigenvalue weighted by Gasteiger charge is -2.32. The maximum atomic E-state index is 13.5. The standard InChI is InChI=1S/C29H32BrFN2O3/c1-2-25(29(35)32-23-9-4-3-5-10-23)33(18-20-12-15-22(31)16-13-20)27(34)19-36-26-17-14-21-8-6-7-11-24(21)28(26)30/h6-8,11-17,23,25H,2-5,9-10,18-19H2,1H3,(H,32,35). The normalized spacial score (nSPS) is 14.9. The first kappa shape index (κ1) is 26.1. The Labute approximate surface area is 220 Å². The lowest BCUT2D eigenvalue weighted by Crippen LogP contribution is -2.52. The molecule has 1 unspecified atom stereocenters. The molecule has 3 aromatic carbocycles. The van der Waals surface area contributed by atoms with E-state index in [4.69, 9.17) is 4.74 Å². The highest BCUT2D eigenvalue weighted by Crippen LogP contribution is 2.33. The van der Waals surface area contributed by atoms with Gasteiger partial charge < -0.3 is 15.0 Å². The van der Waals surface area contributed by atoms with Crippen molar-refractivity contribution in [1.82, 2.24) is 10.2 Å². The Balaban J connectivity index is 1.52. The van der Waals surface area contributed by atoms with E-state index in [0.717, 1.165) is 46.5 Å². The number of hydrogen-bond acceptors (Lipinski definition) is 3. The van der Waals surface area contributed by atoms with Crippen LogP contribution in [0.5, 0.6) is 5.75 Å². The van der Waals surface area contributed by atoms with Crippen LogP contribution in [0.3, 0.4) is 0 Å². The second-order valence-corrected chi connectivity index (χ2v) is 10.1. The molecule has 0 heterocycles. The van der Waals surface area contributed by atoms with Crippen LogP contribution in [0.2, 0.25) is 0 Å². The smallest absolute Gasteiger partial charge is 0.261 e. The molecular formula is C29H32BrFN2O3. The van der Waals surface area contributed by atoms with Crippen LogP contribution < -0.4 is 10.1 Å². The van der Waals surface area contributed by atoms with E-state index in [1.807, 2.05) is 43.3 Å². The molecule has 0 spiro atoms. The van der Waals surface area contributed by atoms with Gasteiger partial charge in [-0.15, -0.1) is 0 Å². The van der Waals surface area contributed by atoms with Crippen molar-refractivity contribution in [2.75, 3.05) is 6.61 Å². The van der Waals surface area contributed by atoms with Crippen LogP contribution in [0.1, 0.15) is 51.0 Å². The number of ether oxygens (including phenoxy) is 1. The van der Waals surface area contributed by atoms with Crippen molar-refractivity contribution >= 4 is 38.5 Å². The fraction of sp³-hybridized carbons (Fsp3) is 0.379. The first-order chi connectivity index (χ1) is 17.5. The van der Waals surface area contributed by atoms with E-state index in [-0.39, 0.29) is 36.8 Å². The monoisotopic (exact) mass is 554 g/mol. The zero-order chi connectivity index (χ0) is 25.5. The third-order valence-electron chi connectivity index (χ3n) is 6.78. The lowest BCUT2D eigenvalue weighted by atomic mass is 9.95. The third-order valence-corrected chi connectivity index (χ3v) is 7.60. The minimum absolute atomic E-state index is 0.146. The Bertz CT molecular complexity index is 1190. The molecule has 0 aromatic heterocycles. The molecule has 7 heteroatoms. The lowest BCUT2D eigenvalue weighted by molar-refractivity contribution is -0.143. The maximum absolute atomic E-state index is 13.5. The number of nitrogens with one attached hydrogen (secondary N) is 1. The number of nitrogens with zero attached hydrogens (tertiary/aromatic N) is 1. The average molecular weight is 555 g/mol. The number of amides is 2. The Morgan fingerprint density at radius 2 is 1.78 bits per heavy atom. The summed E-state index contributed by atoms with van der Waals surface area (Å²) in [6, 6.07) is 17.2. The van der Waals surface area contributed by atoms with Crippen LogP contribution in [0.25, 0.3) is 10.8 Å². The summed E-state index contributed by atoms with van der Waals surface area (Å²) >= 11 is 3.60. The van der Waals surface area contributed by atoms with Gasteiger partial charge in [-0.2, -0.15) is 0 Å². The summed E-state index contributed by atoms with van der Waals surface area (Å²) in [5.41, 5.74) is 0.751. The van der Waals surface area contributed by atoms with Crippen LogP contribution in [0, 0.1) is 5.82 Å². The molecule has 4 rings (SSSR count). The molecule has 1 saturated carbocycles. The summed E-state index contributed by atoms with van der Waals surface area (Å²) < 4.78 is 20.2. The Morgan fingerprint density at radius 3 is 2.50 bits per heavy atom. The van der Waals surface area contributed by atoms with E-state index in [1.165, 1.54) is 18.6 Å². The van der Waals surface area contributed by atoms with Gasteiger partial charge in [-0.3, -0.25) is 9.59 Å². The van der Waals surface area contributed by atoms with Gasteiger partial charge in [-0.25, -0.2) is 4.39 Å². The summed E-state index contributed by atoms with van der Waals surface area (Å²) in [7, 11) is 0. The highest BCUT2D eigenvalue weighted by molar-refractivity contribution is 9.10. The molecule has 1 atom stereocenters. The topological polar surface area (TPSA) is 58.6 Å². The minimum Gasteiger partial charge on any atom is -0.483 e. The molecule has 1 fully saturated rings. The van der Waals surface area contributed by atoms with Crippen LogP contribution in [0.4, 0.5) is 4.39 Å². The molecule has 1 aliphatic rings. The summed E-state index contributed by atoms with van der Waals surface area (Å²) in [5, 5.41) is 5.21.